The van der Waals surface area contributed by atoms with Crippen LogP contribution in [0, 0.1) is 5.92 Å². The zero-order valence-electron chi connectivity index (χ0n) is 9.90. The number of hydrogen-bond acceptors (Lipinski definition) is 4. The first-order valence-electron chi connectivity index (χ1n) is 6.08. The molecule has 18 heavy (non-hydrogen) atoms. The first-order valence-corrected chi connectivity index (χ1v) is 7.45. The molecule has 1 fully saturated rings. The van der Waals surface area contributed by atoms with Crippen LogP contribution in [0.3, 0.4) is 0 Å². The highest BCUT2D eigenvalue weighted by atomic mass is 35.5. The summed E-state index contributed by atoms with van der Waals surface area (Å²) in [5.41, 5.74) is 2.10. The minimum atomic E-state index is 0.748. The van der Waals surface area contributed by atoms with Crippen molar-refractivity contribution in [2.45, 2.75) is 12.8 Å². The Morgan fingerprint density at radius 1 is 1.22 bits per heavy atom. The highest BCUT2D eigenvalue weighted by Crippen LogP contribution is 2.28. The Morgan fingerprint density at radius 3 is 2.61 bits per heavy atom. The maximum absolute atomic E-state index is 5.87. The van der Waals surface area contributed by atoms with E-state index in [0.717, 1.165) is 39.7 Å². The average molecular weight is 280 g/mol. The van der Waals surface area contributed by atoms with Crippen LogP contribution in [0.2, 0.25) is 5.02 Å². The van der Waals surface area contributed by atoms with Gasteiger partial charge < -0.3 is 5.32 Å². The van der Waals surface area contributed by atoms with Crippen LogP contribution in [0.4, 0.5) is 0 Å². The number of thioether (sulfide) groups is 1. The lowest BCUT2D eigenvalue weighted by Crippen LogP contribution is -2.26. The maximum Gasteiger partial charge on any atom is 0.183 e. The van der Waals surface area contributed by atoms with E-state index in [0.29, 0.717) is 0 Å². The average Bonchev–Trinajstić information content (AvgIpc) is 3.22. The smallest absolute Gasteiger partial charge is 0.183 e. The van der Waals surface area contributed by atoms with Gasteiger partial charge in [0, 0.05) is 17.3 Å². The van der Waals surface area contributed by atoms with Gasteiger partial charge >= 0.3 is 0 Å². The second-order valence-corrected chi connectivity index (χ2v) is 5.97. The summed E-state index contributed by atoms with van der Waals surface area (Å²) in [6.07, 6.45) is 2.70. The lowest BCUT2D eigenvalue weighted by Gasteiger charge is -2.13. The van der Waals surface area contributed by atoms with Crippen molar-refractivity contribution in [1.82, 2.24) is 5.32 Å². The van der Waals surface area contributed by atoms with Crippen molar-refractivity contribution in [2.75, 3.05) is 12.3 Å². The van der Waals surface area contributed by atoms with Crippen LogP contribution in [0.5, 0.6) is 0 Å². The summed E-state index contributed by atoms with van der Waals surface area (Å²) in [6, 6.07) is 7.74. The summed E-state index contributed by atoms with van der Waals surface area (Å²) in [6.45, 7) is 1.04. The second kappa shape index (κ2) is 5.33. The van der Waals surface area contributed by atoms with Crippen LogP contribution < -0.4 is 5.32 Å². The van der Waals surface area contributed by atoms with Crippen LogP contribution >= 0.6 is 23.4 Å². The van der Waals surface area contributed by atoms with Crippen LogP contribution in [0.1, 0.15) is 18.4 Å². The Bertz CT molecular complexity index is 491. The number of amidine groups is 1. The van der Waals surface area contributed by atoms with E-state index in [-0.39, 0.29) is 0 Å². The SMILES string of the molecule is Clc1ccc(C2=NN=C(NCC3CC3)SC2)cc1. The lowest BCUT2D eigenvalue weighted by molar-refractivity contribution is 0.776. The molecule has 0 radical (unpaired) electrons. The molecule has 0 atom stereocenters. The van der Waals surface area contributed by atoms with Crippen molar-refractivity contribution in [3.63, 3.8) is 0 Å². The molecule has 3 rings (SSSR count). The lowest BCUT2D eigenvalue weighted by atomic mass is 10.1. The number of benzene rings is 1. The summed E-state index contributed by atoms with van der Waals surface area (Å²) in [5.74, 6) is 1.72. The van der Waals surface area contributed by atoms with Gasteiger partial charge in [-0.25, -0.2) is 0 Å². The molecule has 1 aromatic carbocycles. The van der Waals surface area contributed by atoms with Crippen molar-refractivity contribution in [1.29, 1.82) is 0 Å². The van der Waals surface area contributed by atoms with Crippen molar-refractivity contribution in [3.05, 3.63) is 34.9 Å². The Labute approximate surface area is 116 Å². The van der Waals surface area contributed by atoms with Gasteiger partial charge in [0.05, 0.1) is 5.71 Å². The highest BCUT2D eigenvalue weighted by Gasteiger charge is 2.22. The topological polar surface area (TPSA) is 36.8 Å². The first kappa shape index (κ1) is 12.1. The van der Waals surface area contributed by atoms with E-state index in [4.69, 9.17) is 11.6 Å². The summed E-state index contributed by atoms with van der Waals surface area (Å²) in [4.78, 5) is 0. The first-order chi connectivity index (χ1) is 8.81. The van der Waals surface area contributed by atoms with Gasteiger partial charge in [0.15, 0.2) is 5.17 Å². The molecule has 0 saturated heterocycles. The molecule has 1 aromatic rings. The largest absolute Gasteiger partial charge is 0.363 e. The number of rotatable bonds is 3. The number of halogens is 1. The molecule has 0 amide bonds. The minimum absolute atomic E-state index is 0.748. The quantitative estimate of drug-likeness (QED) is 0.923. The third-order valence-corrected chi connectivity index (χ3v) is 4.19. The van der Waals surface area contributed by atoms with Crippen molar-refractivity contribution < 1.29 is 0 Å². The van der Waals surface area contributed by atoms with Crippen LogP contribution in [-0.4, -0.2) is 23.2 Å². The molecule has 94 valence electrons. The van der Waals surface area contributed by atoms with Crippen molar-refractivity contribution >= 4 is 34.2 Å². The number of nitrogens with one attached hydrogen (secondary N) is 1. The van der Waals surface area contributed by atoms with Crippen LogP contribution in [0.15, 0.2) is 34.5 Å². The number of nitrogens with zero attached hydrogens (tertiary/aromatic N) is 2. The third-order valence-electron chi connectivity index (χ3n) is 3.02. The summed E-state index contributed by atoms with van der Waals surface area (Å²) < 4.78 is 0. The zero-order valence-corrected chi connectivity index (χ0v) is 11.5. The Hall–Kier alpha value is -1.00. The van der Waals surface area contributed by atoms with Crippen molar-refractivity contribution in [3.8, 4) is 0 Å². The van der Waals surface area contributed by atoms with Gasteiger partial charge in [-0.15, -0.1) is 5.10 Å². The molecule has 1 N–H and O–H groups in total. The van der Waals surface area contributed by atoms with E-state index in [1.165, 1.54) is 12.8 Å². The minimum Gasteiger partial charge on any atom is -0.363 e. The van der Waals surface area contributed by atoms with Gasteiger partial charge in [-0.05, 0) is 36.5 Å². The molecule has 1 saturated carbocycles. The van der Waals surface area contributed by atoms with E-state index in [9.17, 15) is 0 Å². The normalized spacial score (nSPS) is 19.2. The standard InChI is InChI=1S/C13H14ClN3S/c14-11-5-3-10(4-6-11)12-8-18-13(17-16-12)15-7-9-1-2-9/h3-6,9H,1-2,7-8H2,(H,15,17). The molecule has 1 aliphatic heterocycles. The fourth-order valence-electron chi connectivity index (χ4n) is 1.72. The Morgan fingerprint density at radius 2 is 2.00 bits per heavy atom. The van der Waals surface area contributed by atoms with Crippen LogP contribution in [0.25, 0.3) is 0 Å². The molecular formula is C13H14ClN3S. The van der Waals surface area contributed by atoms with Gasteiger partial charge in [0.25, 0.3) is 0 Å². The second-order valence-electron chi connectivity index (χ2n) is 4.57. The molecule has 0 aromatic heterocycles. The molecule has 0 bridgehead atoms. The van der Waals surface area contributed by atoms with Crippen LogP contribution in [-0.2, 0) is 0 Å². The van der Waals surface area contributed by atoms with E-state index in [2.05, 4.69) is 15.5 Å². The van der Waals surface area contributed by atoms with E-state index in [1.54, 1.807) is 11.8 Å². The molecule has 2 aliphatic rings. The fourth-order valence-corrected chi connectivity index (χ4v) is 2.63. The predicted molar refractivity (Wildman–Crippen MR) is 78.6 cm³/mol. The molecule has 0 unspecified atom stereocenters. The van der Waals surface area contributed by atoms with E-state index in [1.807, 2.05) is 24.3 Å². The summed E-state index contributed by atoms with van der Waals surface area (Å²) >= 11 is 7.58. The van der Waals surface area contributed by atoms with Crippen molar-refractivity contribution in [2.24, 2.45) is 16.1 Å². The Balaban J connectivity index is 1.65. The molecule has 1 heterocycles. The van der Waals surface area contributed by atoms with E-state index >= 15 is 0 Å². The molecule has 5 heteroatoms. The fraction of sp³-hybridized carbons (Fsp3) is 0.385. The summed E-state index contributed by atoms with van der Waals surface area (Å²) in [7, 11) is 0. The maximum atomic E-state index is 5.87. The zero-order chi connectivity index (χ0) is 12.4. The van der Waals surface area contributed by atoms with Gasteiger partial charge in [-0.1, -0.05) is 35.5 Å². The molecule has 3 nitrogen and oxygen atoms in total. The molecule has 1 aliphatic carbocycles. The highest BCUT2D eigenvalue weighted by molar-refractivity contribution is 8.14. The van der Waals surface area contributed by atoms with Gasteiger partial charge in [-0.2, -0.15) is 5.10 Å². The Kier molecular flexibility index (Phi) is 3.57. The predicted octanol–water partition coefficient (Wildman–Crippen LogP) is 3.15. The molecule has 0 spiro atoms. The van der Waals surface area contributed by atoms with Gasteiger partial charge in [-0.3, -0.25) is 0 Å². The number of hydrogen-bond donors (Lipinski definition) is 1. The third kappa shape index (κ3) is 3.06. The van der Waals surface area contributed by atoms with E-state index < -0.39 is 0 Å². The summed E-state index contributed by atoms with van der Waals surface area (Å²) in [5, 5.41) is 13.6. The molecular weight excluding hydrogens is 266 g/mol. The monoisotopic (exact) mass is 279 g/mol. The van der Waals surface area contributed by atoms with Gasteiger partial charge in [0.1, 0.15) is 0 Å². The van der Waals surface area contributed by atoms with Gasteiger partial charge in [0.2, 0.25) is 0 Å².